The van der Waals surface area contributed by atoms with Gasteiger partial charge < -0.3 is 10.7 Å². The van der Waals surface area contributed by atoms with E-state index in [9.17, 15) is 0 Å². The Morgan fingerprint density at radius 1 is 1.39 bits per heavy atom. The first kappa shape index (κ1) is 10.9. The molecule has 0 amide bonds. The molecular formula is C12H14N6. The molecule has 2 aromatic heterocycles. The highest BCUT2D eigenvalue weighted by Crippen LogP contribution is 2.19. The van der Waals surface area contributed by atoms with Gasteiger partial charge in [-0.3, -0.25) is 4.68 Å². The van der Waals surface area contributed by atoms with E-state index in [0.29, 0.717) is 13.1 Å². The third kappa shape index (κ3) is 1.86. The maximum absolute atomic E-state index is 5.47. The Bertz CT molecular complexity index is 681. The fraction of sp³-hybridized carbons (Fsp3) is 0.250. The monoisotopic (exact) mass is 242 g/mol. The van der Waals surface area contributed by atoms with Gasteiger partial charge in [-0.25, -0.2) is 4.98 Å². The topological polar surface area (TPSA) is 85.4 Å². The van der Waals surface area contributed by atoms with E-state index in [2.05, 4.69) is 33.3 Å². The van der Waals surface area contributed by atoms with E-state index in [1.54, 1.807) is 4.68 Å². The first-order chi connectivity index (χ1) is 8.76. The van der Waals surface area contributed by atoms with Gasteiger partial charge in [-0.05, 0) is 24.6 Å². The van der Waals surface area contributed by atoms with Crippen LogP contribution in [0.5, 0.6) is 0 Å². The lowest BCUT2D eigenvalue weighted by Crippen LogP contribution is -2.10. The quantitative estimate of drug-likeness (QED) is 0.720. The lowest BCUT2D eigenvalue weighted by atomic mass is 10.2. The van der Waals surface area contributed by atoms with Crippen molar-refractivity contribution >= 4 is 11.0 Å². The summed E-state index contributed by atoms with van der Waals surface area (Å²) in [7, 11) is 0. The molecule has 2 heterocycles. The van der Waals surface area contributed by atoms with Crippen molar-refractivity contribution in [2.45, 2.75) is 13.5 Å². The standard InChI is InChI=1S/C12H14N6/c1-8-2-3-9-10(6-8)15-12(14-9)11-7-18(5-4-13)17-16-11/h2-3,6-7H,4-5,13H2,1H3,(H,14,15). The fourth-order valence-electron chi connectivity index (χ4n) is 1.89. The molecule has 0 saturated heterocycles. The Balaban J connectivity index is 2.02. The third-order valence-corrected chi connectivity index (χ3v) is 2.78. The predicted octanol–water partition coefficient (Wildman–Crippen LogP) is 1.09. The summed E-state index contributed by atoms with van der Waals surface area (Å²) in [6, 6.07) is 6.10. The van der Waals surface area contributed by atoms with Crippen LogP contribution in [0.25, 0.3) is 22.6 Å². The van der Waals surface area contributed by atoms with Crippen LogP contribution >= 0.6 is 0 Å². The van der Waals surface area contributed by atoms with Crippen LogP contribution in [0.4, 0.5) is 0 Å². The van der Waals surface area contributed by atoms with Gasteiger partial charge in [0.15, 0.2) is 5.82 Å². The summed E-state index contributed by atoms with van der Waals surface area (Å²) in [6.07, 6.45) is 1.84. The van der Waals surface area contributed by atoms with Crippen molar-refractivity contribution in [2.24, 2.45) is 5.73 Å². The first-order valence-electron chi connectivity index (χ1n) is 5.83. The van der Waals surface area contributed by atoms with Crippen LogP contribution in [-0.4, -0.2) is 31.5 Å². The maximum atomic E-state index is 5.47. The summed E-state index contributed by atoms with van der Waals surface area (Å²) in [5.74, 6) is 0.735. The minimum atomic E-state index is 0.544. The van der Waals surface area contributed by atoms with Gasteiger partial charge in [0, 0.05) is 6.54 Å². The van der Waals surface area contributed by atoms with Gasteiger partial charge in [-0.15, -0.1) is 5.10 Å². The molecule has 0 fully saturated rings. The fourth-order valence-corrected chi connectivity index (χ4v) is 1.89. The molecule has 18 heavy (non-hydrogen) atoms. The summed E-state index contributed by atoms with van der Waals surface area (Å²) >= 11 is 0. The van der Waals surface area contributed by atoms with Crippen molar-refractivity contribution in [3.63, 3.8) is 0 Å². The van der Waals surface area contributed by atoms with Gasteiger partial charge in [0.1, 0.15) is 5.69 Å². The molecule has 6 nitrogen and oxygen atoms in total. The van der Waals surface area contributed by atoms with Crippen LogP contribution in [0.3, 0.4) is 0 Å². The summed E-state index contributed by atoms with van der Waals surface area (Å²) < 4.78 is 1.72. The number of nitrogens with zero attached hydrogens (tertiary/aromatic N) is 4. The highest BCUT2D eigenvalue weighted by Gasteiger charge is 2.09. The molecule has 0 unspecified atom stereocenters. The molecule has 92 valence electrons. The second-order valence-corrected chi connectivity index (χ2v) is 4.26. The normalized spacial score (nSPS) is 11.2. The Hall–Kier alpha value is -2.21. The number of aromatic nitrogens is 5. The van der Waals surface area contributed by atoms with Gasteiger partial charge in [0.25, 0.3) is 0 Å². The molecule has 0 aliphatic heterocycles. The number of fused-ring (bicyclic) bond motifs is 1. The number of H-pyrrole nitrogens is 1. The van der Waals surface area contributed by atoms with Gasteiger partial charge in [0.05, 0.1) is 23.8 Å². The van der Waals surface area contributed by atoms with E-state index in [1.807, 2.05) is 18.3 Å². The Morgan fingerprint density at radius 3 is 3.11 bits per heavy atom. The van der Waals surface area contributed by atoms with Gasteiger partial charge in [-0.2, -0.15) is 0 Å². The van der Waals surface area contributed by atoms with E-state index < -0.39 is 0 Å². The lowest BCUT2D eigenvalue weighted by Gasteiger charge is -1.92. The zero-order valence-corrected chi connectivity index (χ0v) is 10.1. The molecule has 6 heteroatoms. The van der Waals surface area contributed by atoms with Crippen LogP contribution in [0.15, 0.2) is 24.4 Å². The van der Waals surface area contributed by atoms with Crippen LogP contribution in [0.1, 0.15) is 5.56 Å². The molecular weight excluding hydrogens is 228 g/mol. The summed E-state index contributed by atoms with van der Waals surface area (Å²) in [5.41, 5.74) is 9.35. The molecule has 0 spiro atoms. The van der Waals surface area contributed by atoms with E-state index in [4.69, 9.17) is 5.73 Å². The second kappa shape index (κ2) is 4.23. The maximum Gasteiger partial charge on any atom is 0.160 e. The van der Waals surface area contributed by atoms with Gasteiger partial charge in [0.2, 0.25) is 0 Å². The van der Waals surface area contributed by atoms with Crippen molar-refractivity contribution in [3.05, 3.63) is 30.0 Å². The molecule has 3 rings (SSSR count). The van der Waals surface area contributed by atoms with Crippen molar-refractivity contribution in [2.75, 3.05) is 6.54 Å². The number of nitrogens with two attached hydrogens (primary N) is 1. The molecule has 0 radical (unpaired) electrons. The number of aryl methyl sites for hydroxylation is 1. The van der Waals surface area contributed by atoms with Gasteiger partial charge in [-0.1, -0.05) is 11.3 Å². The van der Waals surface area contributed by atoms with Crippen molar-refractivity contribution < 1.29 is 0 Å². The van der Waals surface area contributed by atoms with E-state index in [-0.39, 0.29) is 0 Å². The van der Waals surface area contributed by atoms with E-state index >= 15 is 0 Å². The zero-order chi connectivity index (χ0) is 12.5. The lowest BCUT2D eigenvalue weighted by molar-refractivity contribution is 0.598. The Kier molecular flexibility index (Phi) is 2.56. The number of hydrogen-bond acceptors (Lipinski definition) is 4. The molecule has 0 aliphatic carbocycles. The molecule has 0 atom stereocenters. The zero-order valence-electron chi connectivity index (χ0n) is 10.1. The SMILES string of the molecule is Cc1ccc2nc(-c3cn(CCN)nn3)[nH]c2c1. The minimum absolute atomic E-state index is 0.544. The third-order valence-electron chi connectivity index (χ3n) is 2.78. The molecule has 0 aliphatic rings. The molecule has 0 saturated carbocycles. The number of aromatic amines is 1. The number of hydrogen-bond donors (Lipinski definition) is 2. The van der Waals surface area contributed by atoms with Crippen LogP contribution in [0.2, 0.25) is 0 Å². The Labute approximate surface area is 104 Å². The first-order valence-corrected chi connectivity index (χ1v) is 5.83. The predicted molar refractivity (Wildman–Crippen MR) is 68.9 cm³/mol. The van der Waals surface area contributed by atoms with Crippen LogP contribution in [-0.2, 0) is 6.54 Å². The molecule has 0 bridgehead atoms. The van der Waals surface area contributed by atoms with E-state index in [1.165, 1.54) is 5.56 Å². The average Bonchev–Trinajstić information content (AvgIpc) is 2.94. The molecule has 3 aromatic rings. The van der Waals surface area contributed by atoms with Gasteiger partial charge >= 0.3 is 0 Å². The van der Waals surface area contributed by atoms with Crippen LogP contribution in [0, 0.1) is 6.92 Å². The molecule has 3 N–H and O–H groups in total. The highest BCUT2D eigenvalue weighted by molar-refractivity contribution is 5.79. The summed E-state index contributed by atoms with van der Waals surface area (Å²) in [6.45, 7) is 3.26. The van der Waals surface area contributed by atoms with Crippen molar-refractivity contribution in [3.8, 4) is 11.5 Å². The summed E-state index contributed by atoms with van der Waals surface area (Å²) in [5, 5.41) is 8.08. The number of nitrogens with one attached hydrogen (secondary N) is 1. The smallest absolute Gasteiger partial charge is 0.160 e. The highest BCUT2D eigenvalue weighted by atomic mass is 15.4. The second-order valence-electron chi connectivity index (χ2n) is 4.26. The largest absolute Gasteiger partial charge is 0.337 e. The number of imidazole rings is 1. The average molecular weight is 242 g/mol. The van der Waals surface area contributed by atoms with E-state index in [0.717, 1.165) is 22.6 Å². The van der Waals surface area contributed by atoms with Crippen LogP contribution < -0.4 is 5.73 Å². The Morgan fingerprint density at radius 2 is 2.28 bits per heavy atom. The number of benzene rings is 1. The van der Waals surface area contributed by atoms with Crippen molar-refractivity contribution in [1.29, 1.82) is 0 Å². The minimum Gasteiger partial charge on any atom is -0.337 e. The summed E-state index contributed by atoms with van der Waals surface area (Å²) in [4.78, 5) is 7.74. The number of rotatable bonds is 3. The van der Waals surface area contributed by atoms with Crippen molar-refractivity contribution in [1.82, 2.24) is 25.0 Å². The molecule has 1 aromatic carbocycles.